The number of amides is 1. The van der Waals surface area contributed by atoms with Gasteiger partial charge in [0.2, 0.25) is 5.91 Å². The van der Waals surface area contributed by atoms with E-state index in [0.29, 0.717) is 36.4 Å². The molecule has 0 spiro atoms. The Balaban J connectivity index is 1.49. The zero-order chi connectivity index (χ0) is 24.6. The molecule has 3 heterocycles. The highest BCUT2D eigenvalue weighted by molar-refractivity contribution is 5.92. The van der Waals surface area contributed by atoms with Crippen LogP contribution in [0.15, 0.2) is 24.5 Å². The average molecular weight is 480 g/mol. The number of fused-ring (bicyclic) bond motifs is 1. The molecule has 1 aliphatic carbocycles. The van der Waals surface area contributed by atoms with Gasteiger partial charge in [0.1, 0.15) is 5.82 Å². The summed E-state index contributed by atoms with van der Waals surface area (Å²) < 4.78 is 39.9. The molecule has 4 rings (SSSR count). The second-order valence-electron chi connectivity index (χ2n) is 9.93. The molecule has 1 saturated carbocycles. The predicted octanol–water partition coefficient (Wildman–Crippen LogP) is 3.20. The van der Waals surface area contributed by atoms with Gasteiger partial charge in [0.15, 0.2) is 0 Å². The topological polar surface area (TPSA) is 95.6 Å². The van der Waals surface area contributed by atoms with Crippen molar-refractivity contribution < 1.29 is 23.1 Å². The van der Waals surface area contributed by atoms with E-state index in [2.05, 4.69) is 14.9 Å². The summed E-state index contributed by atoms with van der Waals surface area (Å²) in [5, 5.41) is 10.6. The number of carbonyl (C=O) groups is 1. The van der Waals surface area contributed by atoms with Crippen molar-refractivity contribution in [2.24, 2.45) is 17.6 Å². The van der Waals surface area contributed by atoms with Crippen molar-refractivity contribution >= 4 is 22.6 Å². The number of likely N-dealkylation sites (tertiary alicyclic amines) is 1. The Labute approximate surface area is 197 Å². The third-order valence-corrected chi connectivity index (χ3v) is 7.27. The van der Waals surface area contributed by atoms with E-state index in [9.17, 15) is 23.1 Å². The van der Waals surface area contributed by atoms with Gasteiger partial charge in [-0.1, -0.05) is 13.8 Å². The van der Waals surface area contributed by atoms with Crippen LogP contribution in [0.25, 0.3) is 10.9 Å². The normalized spacial score (nSPS) is 23.1. The summed E-state index contributed by atoms with van der Waals surface area (Å²) in [5.74, 6) is 0.302. The first-order valence-corrected chi connectivity index (χ1v) is 11.8. The van der Waals surface area contributed by atoms with E-state index in [1.54, 1.807) is 11.0 Å². The standard InChI is InChI=1S/C24H32F3N5O2/c1-14(2)22(34)15-3-5-17(6-4-15)31-11-18(12-31)32(13-21(28)33)23-19-9-16(24(25,26)27)10-30-20(19)7-8-29-23/h7-10,14-15,17-18,22,34H,3-6,11-13H2,1-2H3,(H2,28,33)/t15?,17?,22-/m1/s1. The van der Waals surface area contributed by atoms with Crippen molar-refractivity contribution in [2.75, 3.05) is 24.5 Å². The smallest absolute Gasteiger partial charge is 0.393 e. The summed E-state index contributed by atoms with van der Waals surface area (Å²) in [6.07, 6.45) is 1.46. The minimum atomic E-state index is -4.53. The van der Waals surface area contributed by atoms with Crippen LogP contribution >= 0.6 is 0 Å². The Kier molecular flexibility index (Phi) is 7.00. The molecule has 0 radical (unpaired) electrons. The number of halogens is 3. The van der Waals surface area contributed by atoms with Crippen molar-refractivity contribution in [3.8, 4) is 0 Å². The fraction of sp³-hybridized carbons (Fsp3) is 0.625. The molecule has 186 valence electrons. The number of aliphatic hydroxyl groups excluding tert-OH is 1. The molecule has 1 amide bonds. The van der Waals surface area contributed by atoms with Crippen molar-refractivity contribution in [1.29, 1.82) is 0 Å². The number of pyridine rings is 2. The molecule has 1 atom stereocenters. The molecule has 2 aliphatic rings. The third-order valence-electron chi connectivity index (χ3n) is 7.27. The zero-order valence-electron chi connectivity index (χ0n) is 19.5. The number of hydrogen-bond acceptors (Lipinski definition) is 6. The van der Waals surface area contributed by atoms with Crippen LogP contribution in [0.2, 0.25) is 0 Å². The maximum absolute atomic E-state index is 13.3. The molecule has 7 nitrogen and oxygen atoms in total. The second-order valence-corrected chi connectivity index (χ2v) is 9.93. The van der Waals surface area contributed by atoms with Crippen LogP contribution in [0.1, 0.15) is 45.1 Å². The molecule has 2 aromatic heterocycles. The molecule has 34 heavy (non-hydrogen) atoms. The second kappa shape index (κ2) is 9.65. The van der Waals surface area contributed by atoms with E-state index in [4.69, 9.17) is 5.73 Å². The minimum Gasteiger partial charge on any atom is -0.393 e. The van der Waals surface area contributed by atoms with Crippen LogP contribution in [-0.2, 0) is 11.0 Å². The van der Waals surface area contributed by atoms with Crippen LogP contribution < -0.4 is 10.6 Å². The van der Waals surface area contributed by atoms with E-state index in [1.165, 1.54) is 6.20 Å². The number of nitrogens with zero attached hydrogens (tertiary/aromatic N) is 4. The number of aliphatic hydroxyl groups is 1. The number of alkyl halides is 3. The fourth-order valence-electron chi connectivity index (χ4n) is 5.30. The lowest BCUT2D eigenvalue weighted by atomic mass is 9.78. The third kappa shape index (κ3) is 5.12. The zero-order valence-corrected chi connectivity index (χ0v) is 19.5. The van der Waals surface area contributed by atoms with Crippen molar-refractivity contribution in [3.05, 3.63) is 30.1 Å². The lowest BCUT2D eigenvalue weighted by Gasteiger charge is -2.50. The van der Waals surface area contributed by atoms with Gasteiger partial charge in [-0.25, -0.2) is 4.98 Å². The molecule has 2 aromatic rings. The molecule has 0 bridgehead atoms. The lowest BCUT2D eigenvalue weighted by molar-refractivity contribution is -0.137. The highest BCUT2D eigenvalue weighted by atomic mass is 19.4. The van der Waals surface area contributed by atoms with Crippen LogP contribution in [0.4, 0.5) is 19.0 Å². The van der Waals surface area contributed by atoms with Crippen molar-refractivity contribution in [1.82, 2.24) is 14.9 Å². The average Bonchev–Trinajstić information content (AvgIpc) is 2.75. The van der Waals surface area contributed by atoms with Gasteiger partial charge in [0.25, 0.3) is 0 Å². The maximum atomic E-state index is 13.3. The number of anilines is 1. The van der Waals surface area contributed by atoms with Crippen LogP contribution in [0, 0.1) is 11.8 Å². The summed E-state index contributed by atoms with van der Waals surface area (Å²) >= 11 is 0. The SMILES string of the molecule is CC(C)[C@@H](O)C1CCC(N2CC(N(CC(N)=O)c3nccc4ncc(C(F)(F)F)cc34)C2)CC1. The first kappa shape index (κ1) is 24.7. The number of hydrogen-bond donors (Lipinski definition) is 2. The molecular formula is C24H32F3N5O2. The predicted molar refractivity (Wildman–Crippen MR) is 123 cm³/mol. The first-order chi connectivity index (χ1) is 16.0. The summed E-state index contributed by atoms with van der Waals surface area (Å²) in [6, 6.07) is 2.91. The summed E-state index contributed by atoms with van der Waals surface area (Å²) in [6.45, 7) is 5.31. The van der Waals surface area contributed by atoms with Gasteiger partial charge in [-0.05, 0) is 49.7 Å². The quantitative estimate of drug-likeness (QED) is 0.633. The molecule has 1 aliphatic heterocycles. The highest BCUT2D eigenvalue weighted by Crippen LogP contribution is 2.37. The van der Waals surface area contributed by atoms with Gasteiger partial charge >= 0.3 is 6.18 Å². The van der Waals surface area contributed by atoms with Gasteiger partial charge in [-0.2, -0.15) is 13.2 Å². The van der Waals surface area contributed by atoms with E-state index in [0.717, 1.165) is 37.9 Å². The number of primary amides is 1. The monoisotopic (exact) mass is 479 g/mol. The van der Waals surface area contributed by atoms with Gasteiger partial charge in [0.05, 0.1) is 29.8 Å². The van der Waals surface area contributed by atoms with Crippen molar-refractivity contribution in [2.45, 2.75) is 63.9 Å². The minimum absolute atomic E-state index is 0.0841. The summed E-state index contributed by atoms with van der Waals surface area (Å²) in [4.78, 5) is 24.2. The molecule has 10 heteroatoms. The molecular weight excluding hydrogens is 447 g/mol. The Morgan fingerprint density at radius 1 is 1.24 bits per heavy atom. The van der Waals surface area contributed by atoms with E-state index >= 15 is 0 Å². The van der Waals surface area contributed by atoms with Crippen molar-refractivity contribution in [3.63, 3.8) is 0 Å². The van der Waals surface area contributed by atoms with Gasteiger partial charge in [0, 0.05) is 36.9 Å². The van der Waals surface area contributed by atoms with Crippen LogP contribution in [0.3, 0.4) is 0 Å². The Bertz CT molecular complexity index is 1020. The number of rotatable bonds is 7. The van der Waals surface area contributed by atoms with E-state index < -0.39 is 17.6 Å². The highest BCUT2D eigenvalue weighted by Gasteiger charge is 2.40. The van der Waals surface area contributed by atoms with Crippen LogP contribution in [-0.4, -0.2) is 63.7 Å². The summed E-state index contributed by atoms with van der Waals surface area (Å²) in [5.41, 5.74) is 5.02. The first-order valence-electron chi connectivity index (χ1n) is 11.8. The number of carbonyl (C=O) groups excluding carboxylic acids is 1. The van der Waals surface area contributed by atoms with Gasteiger partial charge < -0.3 is 15.7 Å². The molecule has 0 unspecified atom stereocenters. The Morgan fingerprint density at radius 2 is 1.91 bits per heavy atom. The number of nitrogens with two attached hydrogens (primary N) is 1. The molecule has 0 aromatic carbocycles. The molecule has 3 N–H and O–H groups in total. The number of aromatic nitrogens is 2. The fourth-order valence-corrected chi connectivity index (χ4v) is 5.30. The maximum Gasteiger partial charge on any atom is 0.417 e. The Morgan fingerprint density at radius 3 is 2.50 bits per heavy atom. The molecule has 2 fully saturated rings. The lowest BCUT2D eigenvalue weighted by Crippen LogP contribution is -2.64. The van der Waals surface area contributed by atoms with E-state index in [1.807, 2.05) is 13.8 Å². The van der Waals surface area contributed by atoms with Gasteiger partial charge in [-0.15, -0.1) is 0 Å². The Hall–Kier alpha value is -2.46. The van der Waals surface area contributed by atoms with Crippen LogP contribution in [0.5, 0.6) is 0 Å². The van der Waals surface area contributed by atoms with E-state index in [-0.39, 0.29) is 30.0 Å². The largest absolute Gasteiger partial charge is 0.417 e. The van der Waals surface area contributed by atoms with Gasteiger partial charge in [-0.3, -0.25) is 14.7 Å². The molecule has 1 saturated heterocycles. The summed E-state index contributed by atoms with van der Waals surface area (Å²) in [7, 11) is 0.